The van der Waals surface area contributed by atoms with Crippen LogP contribution in [0.5, 0.6) is 0 Å². The van der Waals surface area contributed by atoms with Crippen molar-refractivity contribution in [1.29, 1.82) is 5.41 Å². The SMILES string of the molecule is N=c1cc(N2CCSCC2)cc(N)n1O. The molecular weight excluding hydrogens is 212 g/mol. The Morgan fingerprint density at radius 1 is 1.33 bits per heavy atom. The van der Waals surface area contributed by atoms with Gasteiger partial charge in [-0.3, -0.25) is 5.41 Å². The van der Waals surface area contributed by atoms with Crippen molar-refractivity contribution in [2.75, 3.05) is 35.2 Å². The Labute approximate surface area is 92.0 Å². The fraction of sp³-hybridized carbons (Fsp3) is 0.444. The van der Waals surface area contributed by atoms with Gasteiger partial charge in [0.2, 0.25) is 0 Å². The molecule has 0 spiro atoms. The second kappa shape index (κ2) is 4.06. The van der Waals surface area contributed by atoms with Crippen LogP contribution in [0.4, 0.5) is 11.5 Å². The summed E-state index contributed by atoms with van der Waals surface area (Å²) in [6.07, 6.45) is 0. The summed E-state index contributed by atoms with van der Waals surface area (Å²) >= 11 is 1.93. The number of thioether (sulfide) groups is 1. The van der Waals surface area contributed by atoms with Crippen LogP contribution in [0, 0.1) is 5.41 Å². The van der Waals surface area contributed by atoms with Crippen molar-refractivity contribution in [2.24, 2.45) is 0 Å². The first kappa shape index (κ1) is 10.2. The molecule has 0 aliphatic carbocycles. The highest BCUT2D eigenvalue weighted by molar-refractivity contribution is 7.99. The highest BCUT2D eigenvalue weighted by Crippen LogP contribution is 2.19. The maximum atomic E-state index is 9.31. The first-order valence-corrected chi connectivity index (χ1v) is 5.93. The average Bonchev–Trinajstić information content (AvgIpc) is 2.26. The first-order chi connectivity index (χ1) is 7.18. The lowest BCUT2D eigenvalue weighted by atomic mass is 10.3. The lowest BCUT2D eigenvalue weighted by molar-refractivity contribution is 0.177. The van der Waals surface area contributed by atoms with Crippen LogP contribution in [0.2, 0.25) is 0 Å². The molecule has 0 unspecified atom stereocenters. The number of rotatable bonds is 1. The van der Waals surface area contributed by atoms with Crippen LogP contribution in [-0.2, 0) is 0 Å². The Morgan fingerprint density at radius 3 is 2.60 bits per heavy atom. The number of pyridine rings is 1. The van der Waals surface area contributed by atoms with E-state index in [1.807, 2.05) is 11.8 Å². The number of nitrogens with one attached hydrogen (secondary N) is 1. The van der Waals surface area contributed by atoms with E-state index in [9.17, 15) is 5.21 Å². The minimum Gasteiger partial charge on any atom is -0.425 e. The molecule has 2 heterocycles. The Kier molecular flexibility index (Phi) is 2.77. The van der Waals surface area contributed by atoms with E-state index in [4.69, 9.17) is 11.1 Å². The molecule has 6 heteroatoms. The van der Waals surface area contributed by atoms with Crippen molar-refractivity contribution in [3.05, 3.63) is 17.6 Å². The molecular formula is C9H14N4OS. The molecule has 15 heavy (non-hydrogen) atoms. The molecule has 1 aromatic rings. The van der Waals surface area contributed by atoms with Crippen molar-refractivity contribution in [2.45, 2.75) is 0 Å². The van der Waals surface area contributed by atoms with E-state index in [1.54, 1.807) is 12.1 Å². The average molecular weight is 226 g/mol. The third-order valence-electron chi connectivity index (χ3n) is 2.43. The smallest absolute Gasteiger partial charge is 0.165 e. The van der Waals surface area contributed by atoms with Gasteiger partial charge in [0.15, 0.2) is 5.49 Å². The highest BCUT2D eigenvalue weighted by atomic mass is 32.2. The Balaban J connectivity index is 2.32. The van der Waals surface area contributed by atoms with Crippen LogP contribution in [0.25, 0.3) is 0 Å². The summed E-state index contributed by atoms with van der Waals surface area (Å²) in [6, 6.07) is 3.33. The zero-order valence-corrected chi connectivity index (χ0v) is 9.13. The number of nitrogens with two attached hydrogens (primary N) is 1. The van der Waals surface area contributed by atoms with Crippen LogP contribution in [0.1, 0.15) is 0 Å². The summed E-state index contributed by atoms with van der Waals surface area (Å²) in [6.45, 7) is 1.94. The van der Waals surface area contributed by atoms with Crippen LogP contribution in [0.15, 0.2) is 12.1 Å². The van der Waals surface area contributed by atoms with Gasteiger partial charge in [0, 0.05) is 42.4 Å². The van der Waals surface area contributed by atoms with Gasteiger partial charge < -0.3 is 15.8 Å². The summed E-state index contributed by atoms with van der Waals surface area (Å²) in [4.78, 5) is 2.19. The van der Waals surface area contributed by atoms with Crippen LogP contribution >= 0.6 is 11.8 Å². The highest BCUT2D eigenvalue weighted by Gasteiger charge is 2.12. The number of hydrogen-bond donors (Lipinski definition) is 3. The van der Waals surface area contributed by atoms with Gasteiger partial charge in [-0.25, -0.2) is 0 Å². The van der Waals surface area contributed by atoms with Gasteiger partial charge in [0.1, 0.15) is 5.82 Å². The maximum Gasteiger partial charge on any atom is 0.165 e. The van der Waals surface area contributed by atoms with Gasteiger partial charge in [0.25, 0.3) is 0 Å². The zero-order valence-electron chi connectivity index (χ0n) is 8.31. The van der Waals surface area contributed by atoms with E-state index >= 15 is 0 Å². The van der Waals surface area contributed by atoms with Crippen molar-refractivity contribution < 1.29 is 5.21 Å². The number of hydrogen-bond acceptors (Lipinski definition) is 5. The lowest BCUT2D eigenvalue weighted by Gasteiger charge is -2.28. The molecule has 1 fully saturated rings. The summed E-state index contributed by atoms with van der Waals surface area (Å²) < 4.78 is 0.683. The van der Waals surface area contributed by atoms with Crippen molar-refractivity contribution in [3.8, 4) is 0 Å². The van der Waals surface area contributed by atoms with E-state index < -0.39 is 0 Å². The molecule has 1 aliphatic rings. The molecule has 1 aliphatic heterocycles. The third-order valence-corrected chi connectivity index (χ3v) is 3.37. The number of nitrogens with zero attached hydrogens (tertiary/aromatic N) is 2. The molecule has 4 N–H and O–H groups in total. The van der Waals surface area contributed by atoms with Gasteiger partial charge in [0.05, 0.1) is 0 Å². The molecule has 2 rings (SSSR count). The third kappa shape index (κ3) is 2.04. The number of nitrogen functional groups attached to an aromatic ring is 1. The standard InChI is InChI=1S/C9H14N4OS/c10-8-5-7(6-9(11)13(8)14)12-1-3-15-4-2-12/h5-6,10,14H,1-4,11H2. The predicted octanol–water partition coefficient (Wildman–Crippen LogP) is 0.340. The quantitative estimate of drug-likeness (QED) is 0.603. The predicted molar refractivity (Wildman–Crippen MR) is 61.4 cm³/mol. The molecule has 5 nitrogen and oxygen atoms in total. The van der Waals surface area contributed by atoms with E-state index in [1.165, 1.54) is 0 Å². The Hall–Kier alpha value is -1.30. The largest absolute Gasteiger partial charge is 0.425 e. The van der Waals surface area contributed by atoms with E-state index in [0.29, 0.717) is 4.73 Å². The summed E-state index contributed by atoms with van der Waals surface area (Å²) in [7, 11) is 0. The normalized spacial score (nSPS) is 16.7. The summed E-state index contributed by atoms with van der Waals surface area (Å²) in [5, 5.41) is 16.8. The summed E-state index contributed by atoms with van der Waals surface area (Å²) in [5.74, 6) is 2.40. The summed E-state index contributed by atoms with van der Waals surface area (Å²) in [5.41, 5.74) is 6.53. The molecule has 1 aromatic heterocycles. The fourth-order valence-corrected chi connectivity index (χ4v) is 2.50. The van der Waals surface area contributed by atoms with Gasteiger partial charge in [-0.05, 0) is 0 Å². The van der Waals surface area contributed by atoms with E-state index in [-0.39, 0.29) is 11.3 Å². The molecule has 0 aromatic carbocycles. The van der Waals surface area contributed by atoms with Crippen molar-refractivity contribution >= 4 is 23.3 Å². The zero-order chi connectivity index (χ0) is 10.8. The monoisotopic (exact) mass is 226 g/mol. The van der Waals surface area contributed by atoms with Gasteiger partial charge in [-0.1, -0.05) is 0 Å². The molecule has 0 bridgehead atoms. The Morgan fingerprint density at radius 2 is 2.00 bits per heavy atom. The molecule has 1 saturated heterocycles. The molecule has 0 radical (unpaired) electrons. The molecule has 0 saturated carbocycles. The minimum absolute atomic E-state index is 0.0169. The molecule has 0 atom stereocenters. The lowest BCUT2D eigenvalue weighted by Crippen LogP contribution is -2.34. The van der Waals surface area contributed by atoms with Crippen LogP contribution in [-0.4, -0.2) is 34.5 Å². The van der Waals surface area contributed by atoms with Gasteiger partial charge in [-0.15, -0.1) is 0 Å². The molecule has 82 valence electrons. The van der Waals surface area contributed by atoms with Gasteiger partial charge in [-0.2, -0.15) is 16.5 Å². The minimum atomic E-state index is 0.0169. The van der Waals surface area contributed by atoms with Crippen LogP contribution < -0.4 is 16.1 Å². The molecule has 0 amide bonds. The maximum absolute atomic E-state index is 9.31. The van der Waals surface area contributed by atoms with Gasteiger partial charge >= 0.3 is 0 Å². The topological polar surface area (TPSA) is 78.3 Å². The first-order valence-electron chi connectivity index (χ1n) is 4.77. The second-order valence-corrected chi connectivity index (χ2v) is 4.66. The van der Waals surface area contributed by atoms with Crippen LogP contribution in [0.3, 0.4) is 0 Å². The number of aromatic nitrogens is 1. The second-order valence-electron chi connectivity index (χ2n) is 3.43. The van der Waals surface area contributed by atoms with E-state index in [0.717, 1.165) is 30.3 Å². The van der Waals surface area contributed by atoms with Crippen molar-refractivity contribution in [3.63, 3.8) is 0 Å². The van der Waals surface area contributed by atoms with E-state index in [2.05, 4.69) is 4.90 Å². The number of anilines is 2. The Bertz CT molecular complexity index is 411. The van der Waals surface area contributed by atoms with Crippen molar-refractivity contribution in [1.82, 2.24) is 4.73 Å². The fourth-order valence-electron chi connectivity index (χ4n) is 1.60.